The van der Waals surface area contributed by atoms with Crippen molar-refractivity contribution >= 4 is 27.7 Å². The van der Waals surface area contributed by atoms with Crippen LogP contribution in [0.25, 0.3) is 0 Å². The SMILES string of the molecule is C.NC(=O)c1nc(Br)c[nH]c1=O.NC(=O)c1ncc[nH]c1=O.[2HH]. The fourth-order valence-corrected chi connectivity index (χ4v) is 1.37. The van der Waals surface area contributed by atoms with Crippen LogP contribution in [0.2, 0.25) is 0 Å². The van der Waals surface area contributed by atoms with E-state index in [1.54, 1.807) is 0 Å². The van der Waals surface area contributed by atoms with Crippen molar-refractivity contribution in [1.82, 2.24) is 19.9 Å². The molecule has 0 atom stereocenters. The van der Waals surface area contributed by atoms with Gasteiger partial charge in [-0.05, 0) is 15.9 Å². The Hall–Kier alpha value is -2.82. The Morgan fingerprint density at radius 3 is 2.05 bits per heavy atom. The van der Waals surface area contributed by atoms with Crippen molar-refractivity contribution < 1.29 is 11.0 Å². The number of H-pyrrole nitrogens is 2. The zero-order valence-corrected chi connectivity index (χ0v) is 11.9. The number of carbonyl (C=O) groups excluding carboxylic acids is 2. The average Bonchev–Trinajstić information content (AvgIpc) is 2.42. The minimum Gasteiger partial charge on any atom is -0.364 e. The second-order valence-corrected chi connectivity index (χ2v) is 4.21. The molecule has 22 heavy (non-hydrogen) atoms. The quantitative estimate of drug-likeness (QED) is 0.542. The van der Waals surface area contributed by atoms with Crippen LogP contribution in [0.4, 0.5) is 0 Å². The molecule has 2 aromatic heterocycles. The molecule has 0 saturated heterocycles. The lowest BCUT2D eigenvalue weighted by Gasteiger charge is -1.92. The number of aromatic amines is 2. The number of aromatic nitrogens is 4. The number of nitrogens with two attached hydrogens (primary N) is 2. The molecule has 11 heteroatoms. The van der Waals surface area contributed by atoms with E-state index in [2.05, 4.69) is 35.9 Å². The molecular formula is C11H15BrN6O4. The van der Waals surface area contributed by atoms with Crippen LogP contribution in [0.3, 0.4) is 0 Å². The lowest BCUT2D eigenvalue weighted by Crippen LogP contribution is -2.25. The summed E-state index contributed by atoms with van der Waals surface area (Å²) in [5, 5.41) is 0. The first kappa shape index (κ1) is 19.2. The molecule has 0 aromatic carbocycles. The molecule has 0 aliphatic rings. The van der Waals surface area contributed by atoms with Gasteiger partial charge in [0.2, 0.25) is 0 Å². The van der Waals surface area contributed by atoms with Crippen molar-refractivity contribution in [3.8, 4) is 0 Å². The van der Waals surface area contributed by atoms with Crippen LogP contribution >= 0.6 is 15.9 Å². The predicted octanol–water partition coefficient (Wildman–Crippen LogP) is -0.618. The van der Waals surface area contributed by atoms with E-state index in [0.717, 1.165) is 0 Å². The third kappa shape index (κ3) is 5.28. The van der Waals surface area contributed by atoms with E-state index >= 15 is 0 Å². The maximum Gasteiger partial charge on any atom is 0.279 e. The van der Waals surface area contributed by atoms with Crippen LogP contribution in [0.15, 0.2) is 32.8 Å². The van der Waals surface area contributed by atoms with E-state index in [1.165, 1.54) is 18.6 Å². The lowest BCUT2D eigenvalue weighted by molar-refractivity contribution is 0.0985. The maximum atomic E-state index is 10.8. The van der Waals surface area contributed by atoms with Gasteiger partial charge in [0.05, 0.1) is 0 Å². The van der Waals surface area contributed by atoms with Gasteiger partial charge in [0, 0.05) is 20.0 Å². The van der Waals surface area contributed by atoms with Crippen molar-refractivity contribution in [3.05, 3.63) is 55.3 Å². The molecule has 0 saturated carbocycles. The second kappa shape index (κ2) is 8.46. The summed E-state index contributed by atoms with van der Waals surface area (Å²) in [6.45, 7) is 0. The molecule has 6 N–H and O–H groups in total. The number of hydrogen-bond acceptors (Lipinski definition) is 6. The first-order valence-electron chi connectivity index (χ1n) is 5.21. The first-order chi connectivity index (χ1) is 9.82. The number of carbonyl (C=O) groups is 2. The predicted molar refractivity (Wildman–Crippen MR) is 83.3 cm³/mol. The van der Waals surface area contributed by atoms with Gasteiger partial charge in [-0.3, -0.25) is 19.2 Å². The summed E-state index contributed by atoms with van der Waals surface area (Å²) < 4.78 is 0.367. The number of primary amides is 2. The fourth-order valence-electron chi connectivity index (χ4n) is 1.08. The van der Waals surface area contributed by atoms with Gasteiger partial charge in [-0.15, -0.1) is 0 Å². The highest BCUT2D eigenvalue weighted by Gasteiger charge is 2.07. The van der Waals surface area contributed by atoms with Crippen LogP contribution in [0.1, 0.15) is 29.8 Å². The summed E-state index contributed by atoms with van der Waals surface area (Å²) in [5.74, 6) is -1.66. The minimum atomic E-state index is -0.840. The molecule has 0 aliphatic heterocycles. The number of hydrogen-bond donors (Lipinski definition) is 4. The van der Waals surface area contributed by atoms with E-state index in [9.17, 15) is 19.2 Å². The molecule has 120 valence electrons. The summed E-state index contributed by atoms with van der Waals surface area (Å²) in [6.07, 6.45) is 3.95. The van der Waals surface area contributed by atoms with Gasteiger partial charge < -0.3 is 21.4 Å². The highest BCUT2D eigenvalue weighted by Crippen LogP contribution is 1.99. The molecule has 0 aliphatic carbocycles. The molecule has 0 fully saturated rings. The standard InChI is InChI=1S/C5H4BrN3O2.C5H5N3O2.CH4.H2/c6-2-1-8-5(11)3(9-2)4(7)10;6-4(9)3-5(10)8-2-1-7-3;;/h1H,(H2,7,10)(H,8,11);1-2H,(H2,6,9)(H,8,10);1H4;1H/i;;;1+1. The summed E-state index contributed by atoms with van der Waals surface area (Å²) in [4.78, 5) is 53.8. The molecule has 2 heterocycles. The molecule has 0 spiro atoms. The molecule has 0 unspecified atom stereocenters. The second-order valence-electron chi connectivity index (χ2n) is 3.40. The van der Waals surface area contributed by atoms with Crippen molar-refractivity contribution in [2.24, 2.45) is 11.5 Å². The molecular weight excluding hydrogens is 360 g/mol. The molecule has 0 radical (unpaired) electrons. The lowest BCUT2D eigenvalue weighted by atomic mass is 10.4. The van der Waals surface area contributed by atoms with Gasteiger partial charge in [-0.25, -0.2) is 9.97 Å². The Kier molecular flexibility index (Phi) is 7.38. The Morgan fingerprint density at radius 2 is 1.64 bits per heavy atom. The summed E-state index contributed by atoms with van der Waals surface area (Å²) in [5.41, 5.74) is 7.94. The van der Waals surface area contributed by atoms with Gasteiger partial charge in [0.15, 0.2) is 11.4 Å². The number of nitrogens with one attached hydrogen (secondary N) is 2. The average molecular weight is 376 g/mol. The monoisotopic (exact) mass is 375 g/mol. The van der Waals surface area contributed by atoms with Gasteiger partial charge in [-0.2, -0.15) is 0 Å². The summed E-state index contributed by atoms with van der Waals surface area (Å²) in [7, 11) is 0. The van der Waals surface area contributed by atoms with E-state index in [4.69, 9.17) is 11.5 Å². The highest BCUT2D eigenvalue weighted by molar-refractivity contribution is 9.10. The van der Waals surface area contributed by atoms with Crippen molar-refractivity contribution in [1.29, 1.82) is 0 Å². The van der Waals surface area contributed by atoms with Crippen molar-refractivity contribution in [3.63, 3.8) is 0 Å². The smallest absolute Gasteiger partial charge is 0.279 e. The van der Waals surface area contributed by atoms with E-state index in [1.807, 2.05) is 0 Å². The van der Waals surface area contributed by atoms with Gasteiger partial charge >= 0.3 is 0 Å². The maximum absolute atomic E-state index is 10.8. The summed E-state index contributed by atoms with van der Waals surface area (Å²) in [6, 6.07) is 0. The van der Waals surface area contributed by atoms with Gasteiger partial charge in [0.25, 0.3) is 22.9 Å². The number of halogens is 1. The van der Waals surface area contributed by atoms with Crippen LogP contribution in [-0.2, 0) is 0 Å². The van der Waals surface area contributed by atoms with Crippen LogP contribution in [0.5, 0.6) is 0 Å². The topological polar surface area (TPSA) is 178 Å². The normalized spacial score (nSPS) is 8.95. The van der Waals surface area contributed by atoms with Crippen LogP contribution < -0.4 is 22.6 Å². The third-order valence-electron chi connectivity index (χ3n) is 1.93. The molecule has 2 aromatic rings. The molecule has 0 bridgehead atoms. The highest BCUT2D eigenvalue weighted by atomic mass is 79.9. The summed E-state index contributed by atoms with van der Waals surface area (Å²) >= 11 is 2.98. The van der Waals surface area contributed by atoms with Gasteiger partial charge in [0.1, 0.15) is 4.60 Å². The molecule has 2 rings (SSSR count). The largest absolute Gasteiger partial charge is 0.364 e. The Morgan fingerprint density at radius 1 is 1.09 bits per heavy atom. The first-order valence-corrected chi connectivity index (χ1v) is 6.00. The van der Waals surface area contributed by atoms with E-state index in [-0.39, 0.29) is 20.2 Å². The Bertz CT molecular complexity index is 790. The molecule has 2 amide bonds. The fraction of sp³-hybridized carbons (Fsp3) is 0.0909. The zero-order valence-electron chi connectivity index (χ0n) is 10.3. The zero-order chi connectivity index (χ0) is 16.0. The Balaban J connectivity index is 0. The van der Waals surface area contributed by atoms with Crippen LogP contribution in [-0.4, -0.2) is 31.8 Å². The minimum absolute atomic E-state index is 0. The number of nitrogens with zero attached hydrogens (tertiary/aromatic N) is 2. The van der Waals surface area contributed by atoms with Crippen molar-refractivity contribution in [2.75, 3.05) is 0 Å². The van der Waals surface area contributed by atoms with Crippen LogP contribution in [0, 0.1) is 0 Å². The van der Waals surface area contributed by atoms with E-state index < -0.39 is 22.9 Å². The molecule has 10 nitrogen and oxygen atoms in total. The number of amides is 2. The number of rotatable bonds is 2. The van der Waals surface area contributed by atoms with E-state index in [0.29, 0.717) is 4.60 Å². The Labute approximate surface area is 133 Å². The third-order valence-corrected chi connectivity index (χ3v) is 2.34. The van der Waals surface area contributed by atoms with Crippen molar-refractivity contribution in [2.45, 2.75) is 7.43 Å². The van der Waals surface area contributed by atoms with Gasteiger partial charge in [-0.1, -0.05) is 7.43 Å².